The van der Waals surface area contributed by atoms with Crippen LogP contribution in [0.5, 0.6) is 0 Å². The van der Waals surface area contributed by atoms with E-state index in [1.54, 1.807) is 0 Å². The lowest BCUT2D eigenvalue weighted by molar-refractivity contribution is -0.141. The number of aldehydes is 1. The van der Waals surface area contributed by atoms with Crippen LogP contribution < -0.4 is 5.56 Å². The number of aryl methyl sites for hydroxylation is 1. The molecule has 0 N–H and O–H groups in total. The Labute approximate surface area is 134 Å². The summed E-state index contributed by atoms with van der Waals surface area (Å²) in [6.45, 7) is 0. The molecule has 0 saturated heterocycles. The second-order valence-electron chi connectivity index (χ2n) is 4.57. The monoisotopic (exact) mass is 373 g/mol. The molecule has 0 saturated carbocycles. The lowest BCUT2D eigenvalue weighted by atomic mass is 10.2. The van der Waals surface area contributed by atoms with Gasteiger partial charge in [0.25, 0.3) is 5.56 Å². The normalized spacial score (nSPS) is 12.5. The summed E-state index contributed by atoms with van der Waals surface area (Å²) in [5, 5.41) is 2.19. The first-order valence-electron chi connectivity index (χ1n) is 5.97. The molecule has 0 amide bonds. The predicted molar refractivity (Wildman–Crippen MR) is 69.2 cm³/mol. The zero-order valence-electron chi connectivity index (χ0n) is 11.5. The van der Waals surface area contributed by atoms with Gasteiger partial charge in [-0.05, 0) is 6.07 Å². The lowest BCUT2D eigenvalue weighted by Gasteiger charge is -2.12. The van der Waals surface area contributed by atoms with E-state index in [1.807, 2.05) is 0 Å². The van der Waals surface area contributed by atoms with E-state index in [0.717, 1.165) is 7.05 Å². The van der Waals surface area contributed by atoms with E-state index in [9.17, 15) is 35.9 Å². The van der Waals surface area contributed by atoms with E-state index in [0.29, 0.717) is 10.7 Å². The highest BCUT2D eigenvalue weighted by Gasteiger charge is 2.40. The Kier molecular flexibility index (Phi) is 4.25. The third kappa shape index (κ3) is 3.03. The van der Waals surface area contributed by atoms with E-state index in [1.165, 1.54) is 0 Å². The number of hydrogen-bond acceptors (Lipinski definition) is 3. The molecular formula is C12H6ClF6N3O2. The molecule has 0 aromatic carbocycles. The zero-order chi connectivity index (χ0) is 18.4. The van der Waals surface area contributed by atoms with Crippen LogP contribution in [0.3, 0.4) is 0 Å². The van der Waals surface area contributed by atoms with Crippen LogP contribution in [0.15, 0.2) is 17.1 Å². The van der Waals surface area contributed by atoms with Crippen molar-refractivity contribution in [3.63, 3.8) is 0 Å². The minimum Gasteiger partial charge on any atom is -0.298 e. The third-order valence-electron chi connectivity index (χ3n) is 2.97. The number of halogens is 7. The highest BCUT2D eigenvalue weighted by atomic mass is 35.5. The summed E-state index contributed by atoms with van der Waals surface area (Å²) in [4.78, 5) is 23.0. The van der Waals surface area contributed by atoms with E-state index in [2.05, 4.69) is 5.10 Å². The Balaban J connectivity index is 2.88. The van der Waals surface area contributed by atoms with Gasteiger partial charge in [0.05, 0.1) is 11.1 Å². The van der Waals surface area contributed by atoms with Crippen molar-refractivity contribution in [2.75, 3.05) is 0 Å². The molecule has 12 heteroatoms. The highest BCUT2D eigenvalue weighted by molar-refractivity contribution is 6.30. The molecule has 2 aromatic heterocycles. The maximum Gasteiger partial charge on any atom is 0.435 e. The molecule has 0 bridgehead atoms. The van der Waals surface area contributed by atoms with Crippen LogP contribution in [-0.4, -0.2) is 20.6 Å². The average molecular weight is 374 g/mol. The smallest absolute Gasteiger partial charge is 0.298 e. The van der Waals surface area contributed by atoms with Gasteiger partial charge in [0.2, 0.25) is 0 Å². The molecule has 24 heavy (non-hydrogen) atoms. The molecule has 2 heterocycles. The summed E-state index contributed by atoms with van der Waals surface area (Å²) in [6, 6.07) is 0.335. The largest absolute Gasteiger partial charge is 0.435 e. The molecule has 0 aliphatic rings. The number of alkyl halides is 6. The molecule has 5 nitrogen and oxygen atoms in total. The van der Waals surface area contributed by atoms with Crippen molar-refractivity contribution in [3.05, 3.63) is 44.5 Å². The molecule has 0 unspecified atom stereocenters. The average Bonchev–Trinajstić information content (AvgIpc) is 2.77. The maximum atomic E-state index is 12.9. The number of hydrogen-bond donors (Lipinski definition) is 0. The molecule has 2 aromatic rings. The molecule has 0 atom stereocenters. The molecule has 130 valence electrons. The van der Waals surface area contributed by atoms with E-state index in [-0.39, 0.29) is 17.1 Å². The number of rotatable bonds is 2. The summed E-state index contributed by atoms with van der Waals surface area (Å²) >= 11 is 5.45. The summed E-state index contributed by atoms with van der Waals surface area (Å²) < 4.78 is 77.8. The number of carbonyl (C=O) groups excluding carboxylic acids is 1. The Bertz CT molecular complexity index is 865. The first-order chi connectivity index (χ1) is 10.9. The van der Waals surface area contributed by atoms with Crippen LogP contribution in [0.4, 0.5) is 26.3 Å². The molecule has 2 rings (SSSR count). The standard InChI is InChI=1S/C12H6ClF6N3O2/c1-21-9(6(4-23)8(20-21)12(17,18)19)22-3-5(11(14,15)16)2-7(13)10(22)24/h2-4H,1H3. The summed E-state index contributed by atoms with van der Waals surface area (Å²) in [7, 11) is 0.943. The van der Waals surface area contributed by atoms with Gasteiger partial charge in [0.1, 0.15) is 10.8 Å². The second kappa shape index (κ2) is 5.65. The predicted octanol–water partition coefficient (Wildman–Crippen LogP) is 3.07. The first kappa shape index (κ1) is 18.0. The van der Waals surface area contributed by atoms with Gasteiger partial charge < -0.3 is 0 Å². The summed E-state index contributed by atoms with van der Waals surface area (Å²) in [6.07, 6.45) is -9.95. The van der Waals surface area contributed by atoms with Crippen molar-refractivity contribution in [1.29, 1.82) is 0 Å². The fourth-order valence-corrected chi connectivity index (χ4v) is 2.20. The van der Waals surface area contributed by atoms with Crippen molar-refractivity contribution in [2.24, 2.45) is 7.05 Å². The van der Waals surface area contributed by atoms with Crippen molar-refractivity contribution >= 4 is 17.9 Å². The van der Waals surface area contributed by atoms with Crippen molar-refractivity contribution in [1.82, 2.24) is 14.3 Å². The van der Waals surface area contributed by atoms with Crippen LogP contribution in [0, 0.1) is 0 Å². The maximum absolute atomic E-state index is 12.9. The molecule has 0 spiro atoms. The summed E-state index contributed by atoms with van der Waals surface area (Å²) in [5.74, 6) is -0.782. The SMILES string of the molecule is Cn1nc(C(F)(F)F)c(C=O)c1-n1cc(C(F)(F)F)cc(Cl)c1=O. The van der Waals surface area contributed by atoms with Crippen LogP contribution in [0.1, 0.15) is 21.6 Å². The fraction of sp³-hybridized carbons (Fsp3) is 0.250. The van der Waals surface area contributed by atoms with Gasteiger partial charge in [0, 0.05) is 13.2 Å². The minimum absolute atomic E-state index is 0.205. The van der Waals surface area contributed by atoms with Crippen LogP contribution >= 0.6 is 11.6 Å². The number of aromatic nitrogens is 3. The molecule has 0 aliphatic heterocycles. The van der Waals surface area contributed by atoms with E-state index in [4.69, 9.17) is 11.6 Å². The molecule has 0 radical (unpaired) electrons. The van der Waals surface area contributed by atoms with Crippen LogP contribution in [-0.2, 0) is 19.4 Å². The molecular weight excluding hydrogens is 368 g/mol. The second-order valence-corrected chi connectivity index (χ2v) is 4.98. The zero-order valence-corrected chi connectivity index (χ0v) is 12.3. The lowest BCUT2D eigenvalue weighted by Crippen LogP contribution is -2.24. The van der Waals surface area contributed by atoms with Crippen molar-refractivity contribution < 1.29 is 31.1 Å². The van der Waals surface area contributed by atoms with Crippen molar-refractivity contribution in [3.8, 4) is 5.82 Å². The number of nitrogens with zero attached hydrogens (tertiary/aromatic N) is 3. The number of carbonyl (C=O) groups is 1. The quantitative estimate of drug-likeness (QED) is 0.600. The first-order valence-corrected chi connectivity index (χ1v) is 6.35. The van der Waals surface area contributed by atoms with Crippen molar-refractivity contribution in [2.45, 2.75) is 12.4 Å². The topological polar surface area (TPSA) is 56.9 Å². The van der Waals surface area contributed by atoms with E-state index < -0.39 is 45.6 Å². The Morgan fingerprint density at radius 3 is 2.21 bits per heavy atom. The van der Waals surface area contributed by atoms with Crippen LogP contribution in [0.2, 0.25) is 5.02 Å². The van der Waals surface area contributed by atoms with Gasteiger partial charge in [0.15, 0.2) is 12.0 Å². The van der Waals surface area contributed by atoms with Crippen LogP contribution in [0.25, 0.3) is 5.82 Å². The third-order valence-corrected chi connectivity index (χ3v) is 3.24. The Morgan fingerprint density at radius 2 is 1.75 bits per heavy atom. The Hall–Kier alpha value is -2.30. The van der Waals surface area contributed by atoms with Gasteiger partial charge >= 0.3 is 12.4 Å². The molecule has 0 aliphatic carbocycles. The Morgan fingerprint density at radius 1 is 1.17 bits per heavy atom. The molecule has 0 fully saturated rings. The minimum atomic E-state index is -5.04. The fourth-order valence-electron chi connectivity index (χ4n) is 2.00. The van der Waals surface area contributed by atoms with Gasteiger partial charge in [-0.25, -0.2) is 0 Å². The highest BCUT2D eigenvalue weighted by Crippen LogP contribution is 2.34. The van der Waals surface area contributed by atoms with Gasteiger partial charge in [-0.2, -0.15) is 31.4 Å². The van der Waals surface area contributed by atoms with Gasteiger partial charge in [-0.1, -0.05) is 11.6 Å². The van der Waals surface area contributed by atoms with Gasteiger partial charge in [-0.3, -0.25) is 18.8 Å². The number of pyridine rings is 1. The van der Waals surface area contributed by atoms with Gasteiger partial charge in [-0.15, -0.1) is 0 Å². The summed E-state index contributed by atoms with van der Waals surface area (Å²) in [5.41, 5.74) is -5.32. The van der Waals surface area contributed by atoms with E-state index >= 15 is 0 Å².